The fourth-order valence-corrected chi connectivity index (χ4v) is 2.59. The summed E-state index contributed by atoms with van der Waals surface area (Å²) < 4.78 is 5.58. The van der Waals surface area contributed by atoms with E-state index in [-0.39, 0.29) is 0 Å². The van der Waals surface area contributed by atoms with Crippen LogP contribution >= 0.6 is 0 Å². The summed E-state index contributed by atoms with van der Waals surface area (Å²) in [5, 5.41) is 4.90. The van der Waals surface area contributed by atoms with Crippen LogP contribution in [0.15, 0.2) is 52.9 Å². The molecule has 1 aromatic heterocycles. The van der Waals surface area contributed by atoms with Gasteiger partial charge in [-0.05, 0) is 28.3 Å². The average molecular weight is 233 g/mol. The monoisotopic (exact) mass is 233 g/mol. The molecule has 4 rings (SSSR count). The molecule has 3 aromatic carbocycles. The number of aromatic nitrogens is 1. The summed E-state index contributed by atoms with van der Waals surface area (Å²) in [6, 6.07) is 16.8. The minimum absolute atomic E-state index is 0.714. The fourth-order valence-electron chi connectivity index (χ4n) is 2.59. The van der Waals surface area contributed by atoms with Gasteiger partial charge in [-0.15, -0.1) is 0 Å². The lowest BCUT2D eigenvalue weighted by atomic mass is 10.0. The van der Waals surface area contributed by atoms with E-state index in [0.29, 0.717) is 5.89 Å². The summed E-state index contributed by atoms with van der Waals surface area (Å²) in [5.41, 5.74) is 1.81. The summed E-state index contributed by atoms with van der Waals surface area (Å²) in [6.45, 7) is 1.88. The predicted molar refractivity (Wildman–Crippen MR) is 73.8 cm³/mol. The van der Waals surface area contributed by atoms with Gasteiger partial charge in [0.15, 0.2) is 11.5 Å². The van der Waals surface area contributed by atoms with Crippen LogP contribution in [0.5, 0.6) is 0 Å². The molecule has 18 heavy (non-hydrogen) atoms. The van der Waals surface area contributed by atoms with E-state index in [9.17, 15) is 0 Å². The molecular formula is C16H11NO. The summed E-state index contributed by atoms with van der Waals surface area (Å²) in [4.78, 5) is 4.48. The van der Waals surface area contributed by atoms with Gasteiger partial charge >= 0.3 is 0 Å². The second-order valence-corrected chi connectivity index (χ2v) is 4.53. The van der Waals surface area contributed by atoms with Gasteiger partial charge in [-0.1, -0.05) is 36.4 Å². The third kappa shape index (κ3) is 1.20. The van der Waals surface area contributed by atoms with E-state index >= 15 is 0 Å². The highest BCUT2D eigenvalue weighted by atomic mass is 16.3. The van der Waals surface area contributed by atoms with Crippen molar-refractivity contribution in [1.29, 1.82) is 0 Å². The largest absolute Gasteiger partial charge is 0.441 e. The topological polar surface area (TPSA) is 26.0 Å². The highest BCUT2D eigenvalue weighted by Gasteiger charge is 2.08. The molecule has 86 valence electrons. The van der Waals surface area contributed by atoms with Crippen molar-refractivity contribution < 1.29 is 4.42 Å². The van der Waals surface area contributed by atoms with Crippen LogP contribution in [-0.4, -0.2) is 4.98 Å². The van der Waals surface area contributed by atoms with Crippen LogP contribution in [0.4, 0.5) is 0 Å². The van der Waals surface area contributed by atoms with E-state index in [0.717, 1.165) is 16.5 Å². The first-order valence-electron chi connectivity index (χ1n) is 6.00. The molecule has 2 nitrogen and oxygen atoms in total. The van der Waals surface area contributed by atoms with Gasteiger partial charge in [-0.2, -0.15) is 0 Å². The molecule has 0 aliphatic heterocycles. The molecule has 0 aliphatic carbocycles. The molecular weight excluding hydrogens is 222 g/mol. The van der Waals surface area contributed by atoms with Gasteiger partial charge in [0.1, 0.15) is 5.52 Å². The first-order valence-corrected chi connectivity index (χ1v) is 6.00. The molecule has 2 heteroatoms. The number of oxazole rings is 1. The lowest BCUT2D eigenvalue weighted by Crippen LogP contribution is -1.79. The zero-order chi connectivity index (χ0) is 12.1. The molecule has 0 bridgehead atoms. The number of fused-ring (bicyclic) bond motifs is 5. The van der Waals surface area contributed by atoms with E-state index in [2.05, 4.69) is 47.4 Å². The lowest BCUT2D eigenvalue weighted by Gasteiger charge is -2.03. The van der Waals surface area contributed by atoms with E-state index in [1.807, 2.05) is 13.0 Å². The van der Waals surface area contributed by atoms with Crippen LogP contribution in [-0.2, 0) is 0 Å². The van der Waals surface area contributed by atoms with Gasteiger partial charge in [0.2, 0.25) is 0 Å². The minimum Gasteiger partial charge on any atom is -0.441 e. The van der Waals surface area contributed by atoms with E-state index < -0.39 is 0 Å². The van der Waals surface area contributed by atoms with Crippen molar-refractivity contribution in [2.24, 2.45) is 0 Å². The zero-order valence-electron chi connectivity index (χ0n) is 9.97. The average Bonchev–Trinajstić information content (AvgIpc) is 2.79. The van der Waals surface area contributed by atoms with Crippen LogP contribution in [0.25, 0.3) is 32.6 Å². The first kappa shape index (κ1) is 9.66. The van der Waals surface area contributed by atoms with Crippen LogP contribution in [0.1, 0.15) is 5.89 Å². The van der Waals surface area contributed by atoms with Crippen LogP contribution in [0.2, 0.25) is 0 Å². The van der Waals surface area contributed by atoms with Crippen molar-refractivity contribution in [2.45, 2.75) is 6.92 Å². The maximum atomic E-state index is 5.58. The van der Waals surface area contributed by atoms with Crippen molar-refractivity contribution >= 4 is 32.6 Å². The third-order valence-electron chi connectivity index (χ3n) is 3.39. The third-order valence-corrected chi connectivity index (χ3v) is 3.39. The molecule has 4 aromatic rings. The molecule has 0 unspecified atom stereocenters. The maximum Gasteiger partial charge on any atom is 0.192 e. The fraction of sp³-hybridized carbons (Fsp3) is 0.0625. The van der Waals surface area contributed by atoms with Crippen LogP contribution < -0.4 is 0 Å². The standard InChI is InChI=1S/C16H11NO/c1-10-17-16-14-7-6-11-4-2-3-5-12(11)13(14)8-9-15(16)18-10/h2-9H,1H3. The van der Waals surface area contributed by atoms with Gasteiger partial charge in [0, 0.05) is 12.3 Å². The summed E-state index contributed by atoms with van der Waals surface area (Å²) in [7, 11) is 0. The van der Waals surface area contributed by atoms with E-state index in [1.165, 1.54) is 16.2 Å². The Labute approximate surface area is 104 Å². The first-order chi connectivity index (χ1) is 8.83. The van der Waals surface area contributed by atoms with Gasteiger partial charge in [0.25, 0.3) is 0 Å². The summed E-state index contributed by atoms with van der Waals surface area (Å²) in [5.74, 6) is 0.714. The molecule has 0 aliphatic rings. The molecule has 0 saturated carbocycles. The smallest absolute Gasteiger partial charge is 0.192 e. The van der Waals surface area contributed by atoms with Crippen molar-refractivity contribution in [3.8, 4) is 0 Å². The number of benzene rings is 3. The molecule has 0 spiro atoms. The van der Waals surface area contributed by atoms with Crippen molar-refractivity contribution in [3.63, 3.8) is 0 Å². The maximum absolute atomic E-state index is 5.58. The SMILES string of the molecule is Cc1nc2c(ccc3c4ccccc4ccc32)o1. The Balaban J connectivity index is 2.30. The van der Waals surface area contributed by atoms with Gasteiger partial charge < -0.3 is 4.42 Å². The second kappa shape index (κ2) is 3.33. The van der Waals surface area contributed by atoms with Crippen LogP contribution in [0, 0.1) is 6.92 Å². The Morgan fingerprint density at radius 1 is 0.833 bits per heavy atom. The summed E-state index contributed by atoms with van der Waals surface area (Å²) >= 11 is 0. The Morgan fingerprint density at radius 3 is 2.61 bits per heavy atom. The Morgan fingerprint density at radius 2 is 1.67 bits per heavy atom. The van der Waals surface area contributed by atoms with Crippen molar-refractivity contribution in [2.75, 3.05) is 0 Å². The molecule has 0 N–H and O–H groups in total. The van der Waals surface area contributed by atoms with Crippen molar-refractivity contribution in [1.82, 2.24) is 4.98 Å². The molecule has 0 amide bonds. The number of nitrogens with zero attached hydrogens (tertiary/aromatic N) is 1. The Hall–Kier alpha value is -2.35. The molecule has 0 radical (unpaired) electrons. The summed E-state index contributed by atoms with van der Waals surface area (Å²) in [6.07, 6.45) is 0. The van der Waals surface area contributed by atoms with E-state index in [4.69, 9.17) is 4.42 Å². The minimum atomic E-state index is 0.714. The highest BCUT2D eigenvalue weighted by Crippen LogP contribution is 2.30. The Bertz CT molecular complexity index is 889. The molecule has 0 saturated heterocycles. The number of rotatable bonds is 0. The van der Waals surface area contributed by atoms with Crippen molar-refractivity contribution in [3.05, 3.63) is 54.4 Å². The number of hydrogen-bond acceptors (Lipinski definition) is 2. The van der Waals surface area contributed by atoms with Crippen LogP contribution in [0.3, 0.4) is 0 Å². The quantitative estimate of drug-likeness (QED) is 0.419. The number of aryl methyl sites for hydroxylation is 1. The number of hydrogen-bond donors (Lipinski definition) is 0. The van der Waals surface area contributed by atoms with E-state index in [1.54, 1.807) is 0 Å². The predicted octanol–water partition coefficient (Wildman–Crippen LogP) is 4.44. The zero-order valence-corrected chi connectivity index (χ0v) is 9.97. The highest BCUT2D eigenvalue weighted by molar-refractivity contribution is 6.15. The second-order valence-electron chi connectivity index (χ2n) is 4.53. The lowest BCUT2D eigenvalue weighted by molar-refractivity contribution is 0.561. The van der Waals surface area contributed by atoms with Gasteiger partial charge in [-0.3, -0.25) is 0 Å². The molecule has 0 atom stereocenters. The molecule has 1 heterocycles. The van der Waals surface area contributed by atoms with Gasteiger partial charge in [-0.25, -0.2) is 4.98 Å². The Kier molecular flexibility index (Phi) is 1.78. The molecule has 0 fully saturated rings. The normalized spacial score (nSPS) is 11.6. The van der Waals surface area contributed by atoms with Gasteiger partial charge in [0.05, 0.1) is 0 Å².